The van der Waals surface area contributed by atoms with E-state index in [0.29, 0.717) is 0 Å². The van der Waals surface area contributed by atoms with Crippen molar-refractivity contribution in [3.63, 3.8) is 0 Å². The summed E-state index contributed by atoms with van der Waals surface area (Å²) in [6.07, 6.45) is 2.69. The van der Waals surface area contributed by atoms with Crippen molar-refractivity contribution in [2.75, 3.05) is 0 Å². The molecule has 1 heterocycles. The Morgan fingerprint density at radius 2 is 1.95 bits per heavy atom. The van der Waals surface area contributed by atoms with Crippen LogP contribution in [0.25, 0.3) is 10.9 Å². The number of hydrazine groups is 1. The molecule has 3 rings (SSSR count). The van der Waals surface area contributed by atoms with E-state index in [1.54, 1.807) is 0 Å². The summed E-state index contributed by atoms with van der Waals surface area (Å²) in [6.45, 7) is 0. The lowest BCUT2D eigenvalue weighted by Gasteiger charge is -2.17. The van der Waals surface area contributed by atoms with Crippen LogP contribution < -0.4 is 11.3 Å². The smallest absolute Gasteiger partial charge is 0.0704 e. The fourth-order valence-corrected chi connectivity index (χ4v) is 3.12. The summed E-state index contributed by atoms with van der Waals surface area (Å²) in [5, 5.41) is 1.19. The van der Waals surface area contributed by atoms with Crippen molar-refractivity contribution < 1.29 is 0 Å². The zero-order valence-electron chi connectivity index (χ0n) is 11.5. The topological polar surface area (TPSA) is 50.9 Å². The lowest BCUT2D eigenvalue weighted by atomic mass is 9.97. The molecule has 0 aliphatic rings. The van der Waals surface area contributed by atoms with Crippen LogP contribution in [0, 0.1) is 3.57 Å². The van der Waals surface area contributed by atoms with Gasteiger partial charge in [0.05, 0.1) is 11.6 Å². The van der Waals surface area contributed by atoms with Crippen LogP contribution in [0.15, 0.2) is 60.8 Å². The number of hydrogen-bond donors (Lipinski definition) is 2. The Bertz CT molecular complexity index is 752. The second-order valence-corrected chi connectivity index (χ2v) is 6.21. The maximum atomic E-state index is 5.78. The molecule has 0 fully saturated rings. The van der Waals surface area contributed by atoms with Gasteiger partial charge in [0.15, 0.2) is 0 Å². The average Bonchev–Trinajstić information content (AvgIpc) is 2.52. The molecular formula is C17H16IN3. The molecule has 1 atom stereocenters. The molecule has 4 heteroatoms. The highest BCUT2D eigenvalue weighted by molar-refractivity contribution is 14.1. The molecule has 0 aliphatic carbocycles. The molecule has 0 saturated heterocycles. The maximum Gasteiger partial charge on any atom is 0.0704 e. The Morgan fingerprint density at radius 3 is 2.76 bits per heavy atom. The van der Waals surface area contributed by atoms with E-state index in [9.17, 15) is 0 Å². The van der Waals surface area contributed by atoms with Crippen LogP contribution in [-0.4, -0.2) is 4.98 Å². The number of nitrogens with one attached hydrogen (secondary N) is 1. The molecule has 0 spiro atoms. The number of halogens is 1. The highest BCUT2D eigenvalue weighted by Gasteiger charge is 2.12. The summed E-state index contributed by atoms with van der Waals surface area (Å²) in [5.74, 6) is 5.78. The van der Waals surface area contributed by atoms with Gasteiger partial charge in [-0.2, -0.15) is 0 Å². The van der Waals surface area contributed by atoms with Gasteiger partial charge in [-0.1, -0.05) is 30.3 Å². The van der Waals surface area contributed by atoms with Crippen LogP contribution in [0.5, 0.6) is 0 Å². The van der Waals surface area contributed by atoms with Crippen LogP contribution in [0.3, 0.4) is 0 Å². The fourth-order valence-electron chi connectivity index (χ4n) is 2.55. The van der Waals surface area contributed by atoms with Gasteiger partial charge in [0.2, 0.25) is 0 Å². The number of aromatic nitrogens is 1. The van der Waals surface area contributed by atoms with Gasteiger partial charge in [-0.25, -0.2) is 0 Å². The lowest BCUT2D eigenvalue weighted by molar-refractivity contribution is 0.553. The SMILES string of the molecule is NNC(Cc1ccnc2ccccc12)c1cccc(I)c1. The third-order valence-electron chi connectivity index (χ3n) is 3.62. The number of hydrogen-bond acceptors (Lipinski definition) is 3. The predicted octanol–water partition coefficient (Wildman–Crippen LogP) is 3.59. The van der Waals surface area contributed by atoms with E-state index in [0.717, 1.165) is 11.9 Å². The fraction of sp³-hybridized carbons (Fsp3) is 0.118. The number of benzene rings is 2. The molecule has 0 amide bonds. The number of nitrogens with two attached hydrogens (primary N) is 1. The van der Waals surface area contributed by atoms with Crippen LogP contribution in [-0.2, 0) is 6.42 Å². The molecule has 1 aromatic heterocycles. The van der Waals surface area contributed by atoms with Crippen molar-refractivity contribution in [3.05, 3.63) is 75.5 Å². The Hall–Kier alpha value is -1.50. The van der Waals surface area contributed by atoms with E-state index in [2.05, 4.69) is 69.4 Å². The second kappa shape index (κ2) is 6.51. The van der Waals surface area contributed by atoms with Crippen molar-refractivity contribution in [1.29, 1.82) is 0 Å². The molecule has 21 heavy (non-hydrogen) atoms. The number of para-hydroxylation sites is 1. The second-order valence-electron chi connectivity index (χ2n) is 4.97. The minimum Gasteiger partial charge on any atom is -0.271 e. The number of fused-ring (bicyclic) bond motifs is 1. The van der Waals surface area contributed by atoms with Gasteiger partial charge >= 0.3 is 0 Å². The van der Waals surface area contributed by atoms with Crippen molar-refractivity contribution in [3.8, 4) is 0 Å². The summed E-state index contributed by atoms with van der Waals surface area (Å²) in [5.41, 5.74) is 6.41. The molecular weight excluding hydrogens is 373 g/mol. The van der Waals surface area contributed by atoms with E-state index in [4.69, 9.17) is 5.84 Å². The zero-order valence-corrected chi connectivity index (χ0v) is 13.6. The largest absolute Gasteiger partial charge is 0.271 e. The first kappa shape index (κ1) is 14.4. The zero-order chi connectivity index (χ0) is 14.7. The minimum atomic E-state index is 0.0884. The normalized spacial score (nSPS) is 12.5. The highest BCUT2D eigenvalue weighted by Crippen LogP contribution is 2.24. The Balaban J connectivity index is 1.96. The summed E-state index contributed by atoms with van der Waals surface area (Å²) in [6, 6.07) is 18.8. The molecule has 3 N–H and O–H groups in total. The molecule has 1 unspecified atom stereocenters. The lowest BCUT2D eigenvalue weighted by Crippen LogP contribution is -2.29. The summed E-state index contributed by atoms with van der Waals surface area (Å²) in [7, 11) is 0. The van der Waals surface area contributed by atoms with Gasteiger partial charge in [-0.05, 0) is 64.4 Å². The van der Waals surface area contributed by atoms with Crippen molar-refractivity contribution >= 4 is 33.5 Å². The standard InChI is InChI=1S/C17H16IN3/c18-14-5-3-4-13(10-14)17(21-19)11-12-8-9-20-16-7-2-1-6-15(12)16/h1-10,17,21H,11,19H2. The van der Waals surface area contributed by atoms with Gasteiger partial charge in [0.1, 0.15) is 0 Å². The molecule has 2 aromatic carbocycles. The first-order valence-corrected chi connectivity index (χ1v) is 7.90. The van der Waals surface area contributed by atoms with E-state index in [1.807, 2.05) is 24.4 Å². The Morgan fingerprint density at radius 1 is 1.10 bits per heavy atom. The van der Waals surface area contributed by atoms with Crippen LogP contribution in [0.1, 0.15) is 17.2 Å². The molecule has 3 nitrogen and oxygen atoms in total. The van der Waals surface area contributed by atoms with E-state index in [1.165, 1.54) is 20.1 Å². The van der Waals surface area contributed by atoms with Crippen molar-refractivity contribution in [1.82, 2.24) is 10.4 Å². The Labute approximate surface area is 137 Å². The van der Waals surface area contributed by atoms with Gasteiger partial charge in [0, 0.05) is 15.2 Å². The number of nitrogens with zero attached hydrogens (tertiary/aromatic N) is 1. The van der Waals surface area contributed by atoms with Crippen LogP contribution in [0.2, 0.25) is 0 Å². The number of pyridine rings is 1. The van der Waals surface area contributed by atoms with Crippen molar-refractivity contribution in [2.24, 2.45) is 5.84 Å². The molecule has 3 aromatic rings. The van der Waals surface area contributed by atoms with Crippen LogP contribution in [0.4, 0.5) is 0 Å². The molecule has 0 bridgehead atoms. The van der Waals surface area contributed by atoms with Gasteiger partial charge in [-0.15, -0.1) is 0 Å². The number of rotatable bonds is 4. The third-order valence-corrected chi connectivity index (χ3v) is 4.29. The minimum absolute atomic E-state index is 0.0884. The van der Waals surface area contributed by atoms with Gasteiger partial charge < -0.3 is 0 Å². The quantitative estimate of drug-likeness (QED) is 0.408. The average molecular weight is 389 g/mol. The molecule has 106 valence electrons. The molecule has 0 saturated carbocycles. The molecule has 0 radical (unpaired) electrons. The first-order chi connectivity index (χ1) is 10.3. The summed E-state index contributed by atoms with van der Waals surface area (Å²) >= 11 is 2.32. The molecule has 0 aliphatic heterocycles. The maximum absolute atomic E-state index is 5.78. The van der Waals surface area contributed by atoms with Crippen molar-refractivity contribution in [2.45, 2.75) is 12.5 Å². The van der Waals surface area contributed by atoms with Crippen LogP contribution >= 0.6 is 22.6 Å². The third kappa shape index (κ3) is 3.23. The Kier molecular flexibility index (Phi) is 4.48. The summed E-state index contributed by atoms with van der Waals surface area (Å²) in [4.78, 5) is 4.41. The van der Waals surface area contributed by atoms with Gasteiger partial charge in [0.25, 0.3) is 0 Å². The predicted molar refractivity (Wildman–Crippen MR) is 94.7 cm³/mol. The van der Waals surface area contributed by atoms with E-state index < -0.39 is 0 Å². The van der Waals surface area contributed by atoms with E-state index in [-0.39, 0.29) is 6.04 Å². The summed E-state index contributed by atoms with van der Waals surface area (Å²) < 4.78 is 1.21. The van der Waals surface area contributed by atoms with E-state index >= 15 is 0 Å². The highest BCUT2D eigenvalue weighted by atomic mass is 127. The monoisotopic (exact) mass is 389 g/mol. The van der Waals surface area contributed by atoms with Gasteiger partial charge in [-0.3, -0.25) is 16.3 Å². The first-order valence-electron chi connectivity index (χ1n) is 6.82.